The van der Waals surface area contributed by atoms with E-state index in [2.05, 4.69) is 20.0 Å². The number of fused-ring (bicyclic) bond motifs is 1. The molecule has 2 aliphatic rings. The van der Waals surface area contributed by atoms with Crippen molar-refractivity contribution in [3.63, 3.8) is 0 Å². The molecule has 0 radical (unpaired) electrons. The lowest BCUT2D eigenvalue weighted by atomic mass is 10.2. The van der Waals surface area contributed by atoms with E-state index in [1.807, 2.05) is 0 Å². The van der Waals surface area contributed by atoms with Crippen molar-refractivity contribution in [3.05, 3.63) is 23.8 Å². The molecule has 3 rings (SSSR count). The van der Waals surface area contributed by atoms with Crippen LogP contribution >= 0.6 is 12.4 Å². The number of ether oxygens (including phenoxy) is 1. The van der Waals surface area contributed by atoms with Gasteiger partial charge in [-0.1, -0.05) is 0 Å². The molecular formula is C13H11ClN4O3S. The van der Waals surface area contributed by atoms with Crippen molar-refractivity contribution in [3.8, 4) is 5.75 Å². The minimum absolute atomic E-state index is 0. The predicted molar refractivity (Wildman–Crippen MR) is 87.9 cm³/mol. The molecule has 2 amide bonds. The van der Waals surface area contributed by atoms with Crippen LogP contribution in [0.1, 0.15) is 5.56 Å². The van der Waals surface area contributed by atoms with Gasteiger partial charge in [0, 0.05) is 22.0 Å². The largest absolute Gasteiger partial charge is 0.496 e. The molecule has 0 saturated heterocycles. The van der Waals surface area contributed by atoms with Crippen molar-refractivity contribution in [1.29, 1.82) is 0 Å². The zero-order chi connectivity index (χ0) is 15.0. The quantitative estimate of drug-likeness (QED) is 0.838. The number of amidine groups is 2. The van der Waals surface area contributed by atoms with Gasteiger partial charge in [0.1, 0.15) is 11.5 Å². The monoisotopic (exact) mass is 338 g/mol. The lowest BCUT2D eigenvalue weighted by molar-refractivity contribution is 0.257. The third kappa shape index (κ3) is 2.88. The molecular weight excluding hydrogens is 328 g/mol. The van der Waals surface area contributed by atoms with Crippen LogP contribution in [-0.2, 0) is 10.8 Å². The highest BCUT2D eigenvalue weighted by Gasteiger charge is 2.24. The average molecular weight is 339 g/mol. The molecule has 1 unspecified atom stereocenters. The van der Waals surface area contributed by atoms with Crippen LogP contribution in [0.25, 0.3) is 0 Å². The number of methoxy groups -OCH3 is 1. The van der Waals surface area contributed by atoms with Gasteiger partial charge in [-0.25, -0.2) is 14.8 Å². The van der Waals surface area contributed by atoms with Crippen LogP contribution in [0, 0.1) is 0 Å². The molecule has 1 aromatic carbocycles. The van der Waals surface area contributed by atoms with Crippen molar-refractivity contribution >= 4 is 52.8 Å². The summed E-state index contributed by atoms with van der Waals surface area (Å²) in [5.41, 5.74) is 1.08. The second-order valence-corrected chi connectivity index (χ2v) is 5.60. The molecule has 0 aliphatic carbocycles. The van der Waals surface area contributed by atoms with Crippen molar-refractivity contribution in [1.82, 2.24) is 0 Å². The molecule has 1 atom stereocenters. The van der Waals surface area contributed by atoms with Gasteiger partial charge in [-0.3, -0.25) is 4.21 Å². The summed E-state index contributed by atoms with van der Waals surface area (Å²) in [7, 11) is 0.405. The zero-order valence-electron chi connectivity index (χ0n) is 11.6. The number of carbonyl (C=O) groups is 1. The van der Waals surface area contributed by atoms with Crippen molar-refractivity contribution < 1.29 is 13.7 Å². The molecule has 0 fully saturated rings. The van der Waals surface area contributed by atoms with Gasteiger partial charge in [-0.05, 0) is 18.2 Å². The predicted octanol–water partition coefficient (Wildman–Crippen LogP) is 1.66. The second kappa shape index (κ2) is 6.29. The van der Waals surface area contributed by atoms with Crippen LogP contribution in [0.4, 0.5) is 4.79 Å². The Kier molecular flexibility index (Phi) is 4.62. The van der Waals surface area contributed by atoms with Crippen molar-refractivity contribution in [2.24, 2.45) is 20.0 Å². The van der Waals surface area contributed by atoms with E-state index >= 15 is 0 Å². The number of rotatable bonds is 3. The lowest BCUT2D eigenvalue weighted by Gasteiger charge is -2.07. The Morgan fingerprint density at radius 2 is 1.91 bits per heavy atom. The number of hydrogen-bond donors (Lipinski definition) is 0. The highest BCUT2D eigenvalue weighted by atomic mass is 35.5. The van der Waals surface area contributed by atoms with Crippen LogP contribution < -0.4 is 4.74 Å². The number of benzene rings is 1. The Bertz CT molecular complexity index is 798. The molecule has 22 heavy (non-hydrogen) atoms. The van der Waals surface area contributed by atoms with Crippen LogP contribution in [0.5, 0.6) is 5.75 Å². The fourth-order valence-corrected chi connectivity index (χ4v) is 2.44. The van der Waals surface area contributed by atoms with Gasteiger partial charge >= 0.3 is 6.03 Å². The topological polar surface area (TPSA) is 92.8 Å². The molecule has 114 valence electrons. The van der Waals surface area contributed by atoms with Crippen LogP contribution in [0.15, 0.2) is 43.1 Å². The van der Waals surface area contributed by atoms with E-state index < -0.39 is 16.8 Å². The third-order valence-corrected chi connectivity index (χ3v) is 3.83. The molecule has 1 aromatic rings. The van der Waals surface area contributed by atoms with Gasteiger partial charge in [0.05, 0.1) is 18.9 Å². The number of urea groups is 1. The SMILES string of the molecule is COc1cc(S(C)=O)ccc1C1=NC2=NC(=O)N=CC2=N1.Cl. The first-order valence-corrected chi connectivity index (χ1v) is 7.50. The van der Waals surface area contributed by atoms with Crippen molar-refractivity contribution in [2.75, 3.05) is 13.4 Å². The maximum Gasteiger partial charge on any atom is 0.369 e. The lowest BCUT2D eigenvalue weighted by Crippen LogP contribution is -2.16. The maximum atomic E-state index is 11.5. The summed E-state index contributed by atoms with van der Waals surface area (Å²) >= 11 is 0. The molecule has 0 N–H and O–H groups in total. The Labute approximate surface area is 134 Å². The maximum absolute atomic E-state index is 11.5. The Balaban J connectivity index is 0.00000176. The van der Waals surface area contributed by atoms with Crippen LogP contribution in [-0.4, -0.2) is 47.2 Å². The van der Waals surface area contributed by atoms with Gasteiger partial charge in [-0.2, -0.15) is 9.98 Å². The van der Waals surface area contributed by atoms with E-state index in [0.29, 0.717) is 27.8 Å². The van der Waals surface area contributed by atoms with E-state index in [1.54, 1.807) is 24.5 Å². The number of hydrogen-bond acceptors (Lipinski definition) is 5. The molecule has 9 heteroatoms. The normalized spacial score (nSPS) is 17.0. The van der Waals surface area contributed by atoms with E-state index in [1.165, 1.54) is 13.3 Å². The summed E-state index contributed by atoms with van der Waals surface area (Å²) in [6, 6.07) is 4.53. The minimum atomic E-state index is -1.11. The molecule has 2 aliphatic heterocycles. The summed E-state index contributed by atoms with van der Waals surface area (Å²) in [6.45, 7) is 0. The minimum Gasteiger partial charge on any atom is -0.496 e. The fraction of sp³-hybridized carbons (Fsp3) is 0.154. The molecule has 7 nitrogen and oxygen atoms in total. The number of aliphatic imine (C=N–C) groups is 4. The average Bonchev–Trinajstić information content (AvgIpc) is 2.89. The third-order valence-electron chi connectivity index (χ3n) is 2.91. The number of amides is 2. The molecule has 0 spiro atoms. The molecule has 0 aromatic heterocycles. The molecule has 2 heterocycles. The van der Waals surface area contributed by atoms with E-state index in [0.717, 1.165) is 0 Å². The number of halogens is 1. The summed E-state index contributed by atoms with van der Waals surface area (Å²) < 4.78 is 16.8. The first-order valence-electron chi connectivity index (χ1n) is 5.95. The van der Waals surface area contributed by atoms with Crippen molar-refractivity contribution in [2.45, 2.75) is 4.90 Å². The summed E-state index contributed by atoms with van der Waals surface area (Å²) in [4.78, 5) is 27.5. The Hall–Kier alpha value is -2.19. The zero-order valence-corrected chi connectivity index (χ0v) is 13.3. The summed E-state index contributed by atoms with van der Waals surface area (Å²) in [6.07, 6.45) is 2.93. The summed E-state index contributed by atoms with van der Waals surface area (Å²) in [5, 5.41) is 0. The summed E-state index contributed by atoms with van der Waals surface area (Å²) in [5.74, 6) is 1.14. The van der Waals surface area contributed by atoms with Gasteiger partial charge in [0.15, 0.2) is 11.7 Å². The molecule has 0 bridgehead atoms. The van der Waals surface area contributed by atoms with Crippen LogP contribution in [0.2, 0.25) is 0 Å². The van der Waals surface area contributed by atoms with Gasteiger partial charge in [0.25, 0.3) is 0 Å². The van der Waals surface area contributed by atoms with E-state index in [4.69, 9.17) is 4.74 Å². The standard InChI is InChI=1S/C13H10N4O3S.ClH/c1-20-10-5-7(21(2)19)3-4-8(10)11-15-9-6-14-13(18)17-12(9)16-11;/h3-6H,1-2H3;1H. The highest BCUT2D eigenvalue weighted by Crippen LogP contribution is 2.25. The first kappa shape index (κ1) is 16.2. The van der Waals surface area contributed by atoms with Crippen LogP contribution in [0.3, 0.4) is 0 Å². The van der Waals surface area contributed by atoms with E-state index in [-0.39, 0.29) is 18.2 Å². The van der Waals surface area contributed by atoms with E-state index in [9.17, 15) is 9.00 Å². The smallest absolute Gasteiger partial charge is 0.369 e. The van der Waals surface area contributed by atoms with Gasteiger partial charge in [-0.15, -0.1) is 12.4 Å². The fourth-order valence-electron chi connectivity index (χ4n) is 1.91. The van der Waals surface area contributed by atoms with Gasteiger partial charge < -0.3 is 4.74 Å². The van der Waals surface area contributed by atoms with Gasteiger partial charge in [0.2, 0.25) is 0 Å². The number of nitrogens with zero attached hydrogens (tertiary/aromatic N) is 4. The number of carbonyl (C=O) groups excluding carboxylic acids is 1. The first-order chi connectivity index (χ1) is 10.1. The highest BCUT2D eigenvalue weighted by molar-refractivity contribution is 7.84. The Morgan fingerprint density at radius 3 is 2.59 bits per heavy atom. The Morgan fingerprint density at radius 1 is 1.14 bits per heavy atom. The molecule has 0 saturated carbocycles. The second-order valence-electron chi connectivity index (χ2n) is 4.22.